The van der Waals surface area contributed by atoms with E-state index in [1.165, 1.54) is 0 Å². The molecule has 0 aromatic heterocycles. The molecule has 4 N–H and O–H groups in total. The monoisotopic (exact) mass is 189 g/mol. The van der Waals surface area contributed by atoms with Crippen molar-refractivity contribution in [3.8, 4) is 0 Å². The third-order valence-electron chi connectivity index (χ3n) is 3.04. The zero-order chi connectivity index (χ0) is 9.59. The van der Waals surface area contributed by atoms with Gasteiger partial charge in [0.05, 0.1) is 18.2 Å². The third-order valence-corrected chi connectivity index (χ3v) is 3.04. The van der Waals surface area contributed by atoms with Crippen molar-refractivity contribution in [2.24, 2.45) is 0 Å². The van der Waals surface area contributed by atoms with Crippen LogP contribution in [0.5, 0.6) is 0 Å². The van der Waals surface area contributed by atoms with Gasteiger partial charge in [-0.05, 0) is 6.42 Å². The minimum Gasteiger partial charge on any atom is -0.391 e. The Kier molecular flexibility index (Phi) is 2.29. The molecule has 5 heteroatoms. The topological polar surface area (TPSA) is 84.2 Å². The Labute approximate surface area is 76.2 Å². The minimum atomic E-state index is -1.13. The second-order valence-corrected chi connectivity index (χ2v) is 3.89. The first kappa shape index (κ1) is 9.36. The maximum Gasteiger partial charge on any atom is 0.109 e. The van der Waals surface area contributed by atoms with E-state index in [0.717, 1.165) is 0 Å². The first-order valence-corrected chi connectivity index (χ1v) is 4.57. The summed E-state index contributed by atoms with van der Waals surface area (Å²) in [6.45, 7) is 1.01. The molecule has 0 amide bonds. The zero-order valence-corrected chi connectivity index (χ0v) is 7.24. The lowest BCUT2D eigenvalue weighted by molar-refractivity contribution is -0.140. The van der Waals surface area contributed by atoms with E-state index in [4.69, 9.17) is 0 Å². The third kappa shape index (κ3) is 1.37. The summed E-state index contributed by atoms with van der Waals surface area (Å²) in [5.41, 5.74) is 0. The fourth-order valence-corrected chi connectivity index (χ4v) is 2.30. The summed E-state index contributed by atoms with van der Waals surface area (Å²) < 4.78 is 0. The van der Waals surface area contributed by atoms with E-state index in [-0.39, 0.29) is 0 Å². The van der Waals surface area contributed by atoms with Crippen LogP contribution in [0.3, 0.4) is 0 Å². The van der Waals surface area contributed by atoms with Crippen LogP contribution in [0.15, 0.2) is 0 Å². The average molecular weight is 189 g/mol. The number of aliphatic hydroxyl groups excluding tert-OH is 4. The van der Waals surface area contributed by atoms with Gasteiger partial charge >= 0.3 is 0 Å². The van der Waals surface area contributed by atoms with Gasteiger partial charge in [-0.3, -0.25) is 4.90 Å². The number of fused-ring (bicyclic) bond motifs is 1. The molecule has 2 saturated heterocycles. The summed E-state index contributed by atoms with van der Waals surface area (Å²) >= 11 is 0. The van der Waals surface area contributed by atoms with Crippen LogP contribution in [0.4, 0.5) is 0 Å². The van der Waals surface area contributed by atoms with E-state index >= 15 is 0 Å². The molecular formula is C8H15NO4. The average Bonchev–Trinajstić information content (AvgIpc) is 2.43. The van der Waals surface area contributed by atoms with Crippen LogP contribution >= 0.6 is 0 Å². The van der Waals surface area contributed by atoms with E-state index in [9.17, 15) is 20.4 Å². The van der Waals surface area contributed by atoms with Crippen LogP contribution in [0.2, 0.25) is 0 Å². The van der Waals surface area contributed by atoms with Crippen molar-refractivity contribution in [3.63, 3.8) is 0 Å². The van der Waals surface area contributed by atoms with E-state index in [1.54, 1.807) is 0 Å². The van der Waals surface area contributed by atoms with Crippen LogP contribution in [0.25, 0.3) is 0 Å². The first-order chi connectivity index (χ1) is 6.11. The van der Waals surface area contributed by atoms with Gasteiger partial charge in [0.15, 0.2) is 0 Å². The fraction of sp³-hybridized carbons (Fsp3) is 1.00. The number of hydrogen-bond acceptors (Lipinski definition) is 5. The number of nitrogens with zero attached hydrogens (tertiary/aromatic N) is 1. The Morgan fingerprint density at radius 3 is 2.31 bits per heavy atom. The van der Waals surface area contributed by atoms with Gasteiger partial charge in [-0.15, -0.1) is 0 Å². The Morgan fingerprint density at radius 1 is 0.923 bits per heavy atom. The van der Waals surface area contributed by atoms with Gasteiger partial charge in [0, 0.05) is 13.1 Å². The molecule has 2 aliphatic heterocycles. The fourth-order valence-electron chi connectivity index (χ4n) is 2.30. The molecule has 2 aliphatic rings. The largest absolute Gasteiger partial charge is 0.391 e. The van der Waals surface area contributed by atoms with Gasteiger partial charge in [0.2, 0.25) is 0 Å². The number of piperidine rings is 1. The first-order valence-electron chi connectivity index (χ1n) is 4.57. The van der Waals surface area contributed by atoms with Crippen molar-refractivity contribution < 1.29 is 20.4 Å². The molecule has 0 spiro atoms. The Hall–Kier alpha value is -0.200. The molecule has 0 bridgehead atoms. The summed E-state index contributed by atoms with van der Waals surface area (Å²) in [6.07, 6.45) is -3.06. The Balaban J connectivity index is 2.15. The van der Waals surface area contributed by atoms with E-state index in [0.29, 0.717) is 19.5 Å². The molecule has 1 unspecified atom stereocenters. The quantitative estimate of drug-likeness (QED) is 0.339. The Bertz CT molecular complexity index is 201. The lowest BCUT2D eigenvalue weighted by Crippen LogP contribution is -2.61. The molecule has 2 heterocycles. The van der Waals surface area contributed by atoms with Crippen LogP contribution < -0.4 is 0 Å². The summed E-state index contributed by atoms with van der Waals surface area (Å²) in [6, 6.07) is -0.404. The number of rotatable bonds is 0. The van der Waals surface area contributed by atoms with E-state index in [1.807, 2.05) is 4.90 Å². The highest BCUT2D eigenvalue weighted by molar-refractivity contribution is 5.01. The van der Waals surface area contributed by atoms with Crippen LogP contribution in [0, 0.1) is 0 Å². The van der Waals surface area contributed by atoms with Crippen molar-refractivity contribution in [2.75, 3.05) is 13.1 Å². The maximum atomic E-state index is 9.58. The van der Waals surface area contributed by atoms with Gasteiger partial charge in [-0.1, -0.05) is 0 Å². The van der Waals surface area contributed by atoms with Crippen molar-refractivity contribution in [1.29, 1.82) is 0 Å². The molecular weight excluding hydrogens is 174 g/mol. The van der Waals surface area contributed by atoms with Gasteiger partial charge in [0.1, 0.15) is 12.2 Å². The molecule has 0 aromatic rings. The number of aliphatic hydroxyl groups is 4. The zero-order valence-electron chi connectivity index (χ0n) is 7.24. The van der Waals surface area contributed by atoms with Crippen LogP contribution in [-0.2, 0) is 0 Å². The lowest BCUT2D eigenvalue weighted by atomic mass is 9.93. The predicted octanol–water partition coefficient (Wildman–Crippen LogP) is -2.48. The van der Waals surface area contributed by atoms with Crippen molar-refractivity contribution in [1.82, 2.24) is 4.90 Å². The summed E-state index contributed by atoms with van der Waals surface area (Å²) in [5.74, 6) is 0. The second-order valence-electron chi connectivity index (χ2n) is 3.89. The molecule has 5 atom stereocenters. The van der Waals surface area contributed by atoms with Crippen molar-refractivity contribution in [2.45, 2.75) is 36.9 Å². The summed E-state index contributed by atoms with van der Waals surface area (Å²) in [7, 11) is 0. The maximum absolute atomic E-state index is 9.58. The molecule has 0 saturated carbocycles. The predicted molar refractivity (Wildman–Crippen MR) is 44.0 cm³/mol. The highest BCUT2D eigenvalue weighted by Crippen LogP contribution is 2.27. The highest BCUT2D eigenvalue weighted by Gasteiger charge is 2.47. The van der Waals surface area contributed by atoms with Crippen molar-refractivity contribution in [3.05, 3.63) is 0 Å². The molecule has 0 radical (unpaired) electrons. The molecule has 2 fully saturated rings. The minimum absolute atomic E-state index is 0.333. The van der Waals surface area contributed by atoms with Crippen LogP contribution in [-0.4, -0.2) is 68.9 Å². The van der Waals surface area contributed by atoms with E-state index in [2.05, 4.69) is 0 Å². The number of hydrogen-bond donors (Lipinski definition) is 4. The van der Waals surface area contributed by atoms with Gasteiger partial charge in [-0.25, -0.2) is 0 Å². The normalized spacial score (nSPS) is 52.2. The van der Waals surface area contributed by atoms with Gasteiger partial charge in [-0.2, -0.15) is 0 Å². The van der Waals surface area contributed by atoms with Crippen molar-refractivity contribution >= 4 is 0 Å². The summed E-state index contributed by atoms with van der Waals surface area (Å²) in [4.78, 5) is 1.83. The van der Waals surface area contributed by atoms with Gasteiger partial charge in [0.25, 0.3) is 0 Å². The smallest absolute Gasteiger partial charge is 0.109 e. The molecule has 76 valence electrons. The molecule has 0 aromatic carbocycles. The molecule has 0 aliphatic carbocycles. The standard InChI is InChI=1S/C8H15NO4/c10-4-1-2-9-3-5(11)7(12)8(13)6(4)9/h4-8,10-13H,1-3H2/t4?,5-,6+,7+,8+/m0/s1. The SMILES string of the molecule is OC1CCN2C[C@H](O)[C@@H](O)[C@H](O)[C@@H]12. The van der Waals surface area contributed by atoms with Gasteiger partial charge < -0.3 is 20.4 Å². The molecule has 13 heavy (non-hydrogen) atoms. The second kappa shape index (κ2) is 3.18. The summed E-state index contributed by atoms with van der Waals surface area (Å²) in [5, 5.41) is 37.8. The Morgan fingerprint density at radius 2 is 1.62 bits per heavy atom. The van der Waals surface area contributed by atoms with E-state index < -0.39 is 30.5 Å². The van der Waals surface area contributed by atoms with Crippen LogP contribution in [0.1, 0.15) is 6.42 Å². The molecule has 2 rings (SSSR count). The molecule has 5 nitrogen and oxygen atoms in total. The lowest BCUT2D eigenvalue weighted by Gasteiger charge is -2.40. The highest BCUT2D eigenvalue weighted by atomic mass is 16.4.